The van der Waals surface area contributed by atoms with Crippen molar-refractivity contribution in [2.75, 3.05) is 45.8 Å². The van der Waals surface area contributed by atoms with Crippen LogP contribution in [-0.4, -0.2) is 104 Å². The fraction of sp³-hybridized carbons (Fsp3) is 0.636. The van der Waals surface area contributed by atoms with Gasteiger partial charge in [-0.2, -0.15) is 8.61 Å². The van der Waals surface area contributed by atoms with Crippen molar-refractivity contribution in [1.29, 1.82) is 0 Å². The van der Waals surface area contributed by atoms with Crippen LogP contribution in [0.1, 0.15) is 33.6 Å². The number of rotatable bonds is 7. The molecule has 1 aromatic rings. The Bertz CT molecular complexity index is 1130. The van der Waals surface area contributed by atoms with E-state index in [-0.39, 0.29) is 54.5 Å². The SMILES string of the molecule is CCN(CC)S(=O)(=O)c1ccc(S(=O)(=O)N2CCCC(C(=O)N3CCN(C(=O)O)C(C)C3)C2)cc1. The van der Waals surface area contributed by atoms with E-state index in [2.05, 4.69) is 0 Å². The molecule has 0 aliphatic carbocycles. The van der Waals surface area contributed by atoms with E-state index in [0.717, 1.165) is 0 Å². The first-order chi connectivity index (χ1) is 16.4. The van der Waals surface area contributed by atoms with Crippen molar-refractivity contribution in [1.82, 2.24) is 18.4 Å². The molecule has 1 aromatic carbocycles. The van der Waals surface area contributed by atoms with E-state index < -0.39 is 32.1 Å². The predicted octanol–water partition coefficient (Wildman–Crippen LogP) is 1.33. The number of carbonyl (C=O) groups is 2. The van der Waals surface area contributed by atoms with E-state index in [4.69, 9.17) is 0 Å². The first-order valence-corrected chi connectivity index (χ1v) is 14.7. The molecule has 13 heteroatoms. The average Bonchev–Trinajstić information content (AvgIpc) is 2.84. The van der Waals surface area contributed by atoms with Gasteiger partial charge < -0.3 is 14.9 Å². The number of carbonyl (C=O) groups excluding carboxylic acids is 1. The van der Waals surface area contributed by atoms with Crippen LogP contribution in [0.3, 0.4) is 0 Å². The number of hydrogen-bond donors (Lipinski definition) is 1. The van der Waals surface area contributed by atoms with Gasteiger partial charge in [0, 0.05) is 51.9 Å². The normalized spacial score (nSPS) is 22.4. The second kappa shape index (κ2) is 10.8. The lowest BCUT2D eigenvalue weighted by Gasteiger charge is -2.41. The van der Waals surface area contributed by atoms with Gasteiger partial charge in [-0.1, -0.05) is 13.8 Å². The maximum absolute atomic E-state index is 13.3. The van der Waals surface area contributed by atoms with Crippen molar-refractivity contribution >= 4 is 32.0 Å². The number of sulfonamides is 2. The van der Waals surface area contributed by atoms with Crippen LogP contribution in [0.4, 0.5) is 4.79 Å². The van der Waals surface area contributed by atoms with Gasteiger partial charge >= 0.3 is 6.09 Å². The molecule has 0 aromatic heterocycles. The van der Waals surface area contributed by atoms with Gasteiger partial charge in [-0.3, -0.25) is 4.79 Å². The molecule has 2 heterocycles. The van der Waals surface area contributed by atoms with Gasteiger partial charge in [0.05, 0.1) is 15.7 Å². The van der Waals surface area contributed by atoms with Crippen LogP contribution >= 0.6 is 0 Å². The summed E-state index contributed by atoms with van der Waals surface area (Å²) >= 11 is 0. The highest BCUT2D eigenvalue weighted by Gasteiger charge is 2.37. The van der Waals surface area contributed by atoms with Crippen LogP contribution in [0.25, 0.3) is 0 Å². The molecule has 2 aliphatic heterocycles. The van der Waals surface area contributed by atoms with E-state index in [1.165, 1.54) is 37.8 Å². The topological polar surface area (TPSA) is 136 Å². The summed E-state index contributed by atoms with van der Waals surface area (Å²) < 4.78 is 54.5. The molecule has 2 aliphatic rings. The molecule has 11 nitrogen and oxygen atoms in total. The Hall–Kier alpha value is -2.22. The zero-order chi connectivity index (χ0) is 26.0. The Balaban J connectivity index is 1.72. The summed E-state index contributed by atoms with van der Waals surface area (Å²) in [7, 11) is -7.62. The maximum Gasteiger partial charge on any atom is 0.407 e. The summed E-state index contributed by atoms with van der Waals surface area (Å²) in [5, 5.41) is 9.24. The van der Waals surface area contributed by atoms with Gasteiger partial charge in [-0.05, 0) is 44.0 Å². The lowest BCUT2D eigenvalue weighted by Crippen LogP contribution is -2.57. The highest BCUT2D eigenvalue weighted by molar-refractivity contribution is 7.89. The molecule has 1 N–H and O–H groups in total. The molecule has 0 saturated carbocycles. The smallest absolute Gasteiger partial charge is 0.407 e. The molecule has 3 rings (SSSR count). The Morgan fingerprint density at radius 2 is 1.57 bits per heavy atom. The Labute approximate surface area is 207 Å². The minimum absolute atomic E-state index is 0.0206. The molecule has 2 saturated heterocycles. The third kappa shape index (κ3) is 5.63. The number of piperazine rings is 1. The van der Waals surface area contributed by atoms with E-state index in [9.17, 15) is 31.5 Å². The molecule has 0 radical (unpaired) electrons. The van der Waals surface area contributed by atoms with Crippen molar-refractivity contribution in [2.45, 2.75) is 49.4 Å². The summed E-state index contributed by atoms with van der Waals surface area (Å²) in [6.07, 6.45) is 0.0594. The highest BCUT2D eigenvalue weighted by Crippen LogP contribution is 2.27. The summed E-state index contributed by atoms with van der Waals surface area (Å²) in [6.45, 7) is 6.93. The van der Waals surface area contributed by atoms with E-state index in [0.29, 0.717) is 25.9 Å². The molecule has 196 valence electrons. The number of hydrogen-bond acceptors (Lipinski definition) is 6. The van der Waals surface area contributed by atoms with Crippen LogP contribution in [-0.2, 0) is 24.8 Å². The molecule has 2 fully saturated rings. The Kier molecular flexibility index (Phi) is 8.45. The van der Waals surface area contributed by atoms with Crippen molar-refractivity contribution in [3.05, 3.63) is 24.3 Å². The molecule has 2 amide bonds. The third-order valence-corrected chi connectivity index (χ3v) is 10.7. The predicted molar refractivity (Wildman–Crippen MR) is 129 cm³/mol. The van der Waals surface area contributed by atoms with Crippen LogP contribution in [0, 0.1) is 5.92 Å². The summed E-state index contributed by atoms with van der Waals surface area (Å²) in [4.78, 5) is 27.3. The molecular formula is C22H34N4O7S2. The molecule has 2 unspecified atom stereocenters. The van der Waals surface area contributed by atoms with Crippen LogP contribution in [0.2, 0.25) is 0 Å². The second-order valence-corrected chi connectivity index (χ2v) is 12.7. The van der Waals surface area contributed by atoms with Crippen molar-refractivity contribution in [3.8, 4) is 0 Å². The summed E-state index contributed by atoms with van der Waals surface area (Å²) in [5.74, 6) is -0.674. The van der Waals surface area contributed by atoms with Crippen LogP contribution < -0.4 is 0 Å². The second-order valence-electron chi connectivity index (χ2n) is 8.87. The maximum atomic E-state index is 13.3. The van der Waals surface area contributed by atoms with Gasteiger partial charge in [0.2, 0.25) is 26.0 Å². The Morgan fingerprint density at radius 3 is 2.11 bits per heavy atom. The first kappa shape index (κ1) is 27.4. The zero-order valence-corrected chi connectivity index (χ0v) is 22.0. The number of amides is 2. The molecular weight excluding hydrogens is 496 g/mol. The molecule has 0 spiro atoms. The lowest BCUT2D eigenvalue weighted by atomic mass is 9.97. The van der Waals surface area contributed by atoms with E-state index in [1.54, 1.807) is 25.7 Å². The van der Waals surface area contributed by atoms with E-state index >= 15 is 0 Å². The summed E-state index contributed by atoms with van der Waals surface area (Å²) in [6, 6.07) is 4.86. The van der Waals surface area contributed by atoms with Crippen LogP contribution in [0.5, 0.6) is 0 Å². The minimum atomic E-state index is -3.92. The first-order valence-electron chi connectivity index (χ1n) is 11.8. The highest BCUT2D eigenvalue weighted by atomic mass is 32.2. The van der Waals surface area contributed by atoms with Crippen LogP contribution in [0.15, 0.2) is 34.1 Å². The Morgan fingerprint density at radius 1 is 0.971 bits per heavy atom. The number of piperidine rings is 1. The minimum Gasteiger partial charge on any atom is -0.465 e. The fourth-order valence-electron chi connectivity index (χ4n) is 4.71. The van der Waals surface area contributed by atoms with Crippen molar-refractivity contribution < 1.29 is 31.5 Å². The molecule has 2 atom stereocenters. The largest absolute Gasteiger partial charge is 0.465 e. The fourth-order valence-corrected chi connectivity index (χ4v) is 7.69. The third-order valence-electron chi connectivity index (χ3n) is 6.72. The molecule has 35 heavy (non-hydrogen) atoms. The zero-order valence-electron chi connectivity index (χ0n) is 20.3. The van der Waals surface area contributed by atoms with Crippen molar-refractivity contribution in [2.24, 2.45) is 5.92 Å². The monoisotopic (exact) mass is 530 g/mol. The number of benzene rings is 1. The van der Waals surface area contributed by atoms with Gasteiger partial charge in [0.1, 0.15) is 0 Å². The summed E-state index contributed by atoms with van der Waals surface area (Å²) in [5.41, 5.74) is 0. The van der Waals surface area contributed by atoms with E-state index in [1.807, 2.05) is 0 Å². The number of carboxylic acid groups (broad SMARTS) is 1. The van der Waals surface area contributed by atoms with Gasteiger partial charge in [0.15, 0.2) is 0 Å². The molecule has 0 bridgehead atoms. The van der Waals surface area contributed by atoms with Gasteiger partial charge in [-0.25, -0.2) is 21.6 Å². The van der Waals surface area contributed by atoms with Gasteiger partial charge in [0.25, 0.3) is 0 Å². The van der Waals surface area contributed by atoms with Gasteiger partial charge in [-0.15, -0.1) is 0 Å². The average molecular weight is 531 g/mol. The lowest BCUT2D eigenvalue weighted by molar-refractivity contribution is -0.139. The standard InChI is InChI=1S/C22H34N4O7S2/c1-4-24(5-2)34(30,31)19-8-10-20(11-9-19)35(32,33)25-12-6-7-18(16-25)21(27)23-13-14-26(22(28)29)17(3)15-23/h8-11,17-18H,4-7,12-16H2,1-3H3,(H,28,29). The quantitative estimate of drug-likeness (QED) is 0.562. The van der Waals surface area contributed by atoms with Crippen molar-refractivity contribution in [3.63, 3.8) is 0 Å². The number of nitrogens with zero attached hydrogens (tertiary/aromatic N) is 4.